The average molecular weight is 190 g/mol. The predicted octanol–water partition coefficient (Wildman–Crippen LogP) is 1.84. The molecule has 1 aliphatic heterocycles. The molecule has 0 amide bonds. The molecule has 14 heavy (non-hydrogen) atoms. The Morgan fingerprint density at radius 1 is 1.57 bits per heavy atom. The van der Waals surface area contributed by atoms with Crippen molar-refractivity contribution in [3.8, 4) is 6.07 Å². The predicted molar refractivity (Wildman–Crippen MR) is 48.0 cm³/mol. The van der Waals surface area contributed by atoms with E-state index in [0.717, 1.165) is 0 Å². The number of oxime groups is 1. The van der Waals surface area contributed by atoms with Crippen LogP contribution in [0.25, 0.3) is 0 Å². The number of benzene rings is 1. The lowest BCUT2D eigenvalue weighted by atomic mass is 10.1. The Morgan fingerprint density at radius 3 is 3.07 bits per heavy atom. The molecule has 1 aromatic carbocycles. The molecule has 1 atom stereocenters. The number of hydrogen-bond donors (Lipinski definition) is 0. The smallest absolute Gasteiger partial charge is 0.218 e. The van der Waals surface area contributed by atoms with Crippen molar-refractivity contribution in [1.82, 2.24) is 0 Å². The molecule has 1 aliphatic rings. The largest absolute Gasteiger partial charge is 0.376 e. The van der Waals surface area contributed by atoms with Crippen LogP contribution in [-0.4, -0.2) is 11.8 Å². The SMILES string of the molecule is N#C[C@H]1CC(c2cccc(F)c2)=NO1. The summed E-state index contributed by atoms with van der Waals surface area (Å²) in [5.41, 5.74) is 1.29. The minimum atomic E-state index is -0.534. The maximum absolute atomic E-state index is 12.8. The van der Waals surface area contributed by atoms with Gasteiger partial charge in [-0.2, -0.15) is 5.26 Å². The van der Waals surface area contributed by atoms with Gasteiger partial charge in [0.05, 0.1) is 5.71 Å². The van der Waals surface area contributed by atoms with Crippen molar-refractivity contribution in [3.63, 3.8) is 0 Å². The molecule has 0 fully saturated rings. The van der Waals surface area contributed by atoms with E-state index in [1.807, 2.05) is 6.07 Å². The summed E-state index contributed by atoms with van der Waals surface area (Å²) < 4.78 is 12.8. The van der Waals surface area contributed by atoms with Crippen LogP contribution in [0.2, 0.25) is 0 Å². The first-order valence-corrected chi connectivity index (χ1v) is 4.18. The molecule has 0 saturated carbocycles. The van der Waals surface area contributed by atoms with Crippen molar-refractivity contribution >= 4 is 5.71 Å². The minimum Gasteiger partial charge on any atom is -0.376 e. The van der Waals surface area contributed by atoms with E-state index >= 15 is 0 Å². The van der Waals surface area contributed by atoms with Gasteiger partial charge in [0, 0.05) is 12.0 Å². The van der Waals surface area contributed by atoms with E-state index in [1.54, 1.807) is 12.1 Å². The van der Waals surface area contributed by atoms with Gasteiger partial charge in [-0.3, -0.25) is 0 Å². The van der Waals surface area contributed by atoms with Crippen LogP contribution >= 0.6 is 0 Å². The molecule has 0 unspecified atom stereocenters. The summed E-state index contributed by atoms with van der Waals surface area (Å²) >= 11 is 0. The van der Waals surface area contributed by atoms with Gasteiger partial charge in [-0.05, 0) is 12.1 Å². The third-order valence-corrected chi connectivity index (χ3v) is 1.97. The summed E-state index contributed by atoms with van der Waals surface area (Å²) in [6.07, 6.45) is -0.117. The van der Waals surface area contributed by atoms with Crippen molar-refractivity contribution in [2.75, 3.05) is 0 Å². The van der Waals surface area contributed by atoms with Crippen LogP contribution in [0.15, 0.2) is 29.4 Å². The normalized spacial score (nSPS) is 19.7. The van der Waals surface area contributed by atoms with E-state index in [0.29, 0.717) is 17.7 Å². The summed E-state index contributed by atoms with van der Waals surface area (Å²) in [6, 6.07) is 8.03. The Balaban J connectivity index is 2.22. The molecule has 4 heteroatoms. The Hall–Kier alpha value is -1.89. The van der Waals surface area contributed by atoms with Crippen molar-refractivity contribution < 1.29 is 9.23 Å². The van der Waals surface area contributed by atoms with Crippen LogP contribution in [0.3, 0.4) is 0 Å². The maximum Gasteiger partial charge on any atom is 0.218 e. The highest BCUT2D eigenvalue weighted by Crippen LogP contribution is 2.16. The van der Waals surface area contributed by atoms with Crippen LogP contribution in [-0.2, 0) is 4.84 Å². The van der Waals surface area contributed by atoms with E-state index in [1.165, 1.54) is 12.1 Å². The Kier molecular flexibility index (Phi) is 2.15. The lowest BCUT2D eigenvalue weighted by Gasteiger charge is -1.97. The van der Waals surface area contributed by atoms with E-state index in [-0.39, 0.29) is 5.82 Å². The van der Waals surface area contributed by atoms with Crippen molar-refractivity contribution in [2.45, 2.75) is 12.5 Å². The third kappa shape index (κ3) is 1.57. The number of rotatable bonds is 1. The third-order valence-electron chi connectivity index (χ3n) is 1.97. The lowest BCUT2D eigenvalue weighted by Crippen LogP contribution is -2.05. The van der Waals surface area contributed by atoms with Crippen molar-refractivity contribution in [3.05, 3.63) is 35.6 Å². The van der Waals surface area contributed by atoms with Gasteiger partial charge >= 0.3 is 0 Å². The second-order valence-electron chi connectivity index (χ2n) is 2.98. The second-order valence-corrected chi connectivity index (χ2v) is 2.98. The van der Waals surface area contributed by atoms with Gasteiger partial charge in [0.1, 0.15) is 11.9 Å². The minimum absolute atomic E-state index is 0.314. The average Bonchev–Trinajstić information content (AvgIpc) is 2.66. The molecule has 2 rings (SSSR count). The summed E-state index contributed by atoms with van der Waals surface area (Å²) in [5.74, 6) is -0.314. The molecule has 1 heterocycles. The molecule has 1 aromatic rings. The van der Waals surface area contributed by atoms with Gasteiger partial charge < -0.3 is 4.84 Å². The van der Waals surface area contributed by atoms with E-state index in [2.05, 4.69) is 5.16 Å². The molecule has 0 bridgehead atoms. The van der Waals surface area contributed by atoms with Gasteiger partial charge in [-0.25, -0.2) is 4.39 Å². The number of nitriles is 1. The topological polar surface area (TPSA) is 45.4 Å². The van der Waals surface area contributed by atoms with Crippen molar-refractivity contribution in [1.29, 1.82) is 5.26 Å². The zero-order valence-corrected chi connectivity index (χ0v) is 7.27. The zero-order valence-electron chi connectivity index (χ0n) is 7.27. The molecule has 0 N–H and O–H groups in total. The van der Waals surface area contributed by atoms with Gasteiger partial charge in [-0.1, -0.05) is 17.3 Å². The highest BCUT2D eigenvalue weighted by Gasteiger charge is 2.21. The highest BCUT2D eigenvalue weighted by atomic mass is 19.1. The van der Waals surface area contributed by atoms with Crippen LogP contribution in [0.4, 0.5) is 4.39 Å². The first kappa shape index (κ1) is 8.70. The molecule has 3 nitrogen and oxygen atoms in total. The number of halogens is 1. The fraction of sp³-hybridized carbons (Fsp3) is 0.200. The molecule has 0 aromatic heterocycles. The number of hydrogen-bond acceptors (Lipinski definition) is 3. The highest BCUT2D eigenvalue weighted by molar-refractivity contribution is 6.01. The van der Waals surface area contributed by atoms with Crippen LogP contribution in [0.5, 0.6) is 0 Å². The first-order chi connectivity index (χ1) is 6.79. The second kappa shape index (κ2) is 3.46. The zero-order chi connectivity index (χ0) is 9.97. The summed E-state index contributed by atoms with van der Waals surface area (Å²) in [4.78, 5) is 4.81. The number of nitrogens with zero attached hydrogens (tertiary/aromatic N) is 2. The quantitative estimate of drug-likeness (QED) is 0.678. The molecule has 0 spiro atoms. The van der Waals surface area contributed by atoms with Crippen LogP contribution in [0, 0.1) is 17.1 Å². The monoisotopic (exact) mass is 190 g/mol. The standard InChI is InChI=1S/C10H7FN2O/c11-8-3-1-2-7(4-8)10-5-9(6-12)14-13-10/h1-4,9H,5H2/t9-/m1/s1. The lowest BCUT2D eigenvalue weighted by molar-refractivity contribution is 0.125. The van der Waals surface area contributed by atoms with Crippen molar-refractivity contribution in [2.24, 2.45) is 5.16 Å². The molecule has 70 valence electrons. The van der Waals surface area contributed by atoms with Crippen LogP contribution < -0.4 is 0 Å². The van der Waals surface area contributed by atoms with Crippen LogP contribution in [0.1, 0.15) is 12.0 Å². The van der Waals surface area contributed by atoms with E-state index in [9.17, 15) is 4.39 Å². The fourth-order valence-electron chi connectivity index (χ4n) is 1.29. The Morgan fingerprint density at radius 2 is 2.43 bits per heavy atom. The van der Waals surface area contributed by atoms with Gasteiger partial charge in [-0.15, -0.1) is 0 Å². The molecule has 0 saturated heterocycles. The summed E-state index contributed by atoms with van der Waals surface area (Å²) in [6.45, 7) is 0. The molecule has 0 aliphatic carbocycles. The molecular weight excluding hydrogens is 183 g/mol. The Labute approximate surface area is 80.4 Å². The van der Waals surface area contributed by atoms with E-state index < -0.39 is 6.10 Å². The summed E-state index contributed by atoms with van der Waals surface area (Å²) in [7, 11) is 0. The maximum atomic E-state index is 12.8. The van der Waals surface area contributed by atoms with Gasteiger partial charge in [0.25, 0.3) is 0 Å². The first-order valence-electron chi connectivity index (χ1n) is 4.18. The molecular formula is C10H7FN2O. The van der Waals surface area contributed by atoms with Gasteiger partial charge in [0.2, 0.25) is 6.10 Å². The summed E-state index contributed by atoms with van der Waals surface area (Å²) in [5, 5.41) is 12.3. The fourth-order valence-corrected chi connectivity index (χ4v) is 1.29. The van der Waals surface area contributed by atoms with E-state index in [4.69, 9.17) is 10.1 Å². The Bertz CT molecular complexity index is 422. The molecule has 0 radical (unpaired) electrons. The van der Waals surface area contributed by atoms with Gasteiger partial charge in [0.15, 0.2) is 0 Å².